The highest BCUT2D eigenvalue weighted by atomic mass is 15.1. The summed E-state index contributed by atoms with van der Waals surface area (Å²) in [5.74, 6) is 0.999. The summed E-state index contributed by atoms with van der Waals surface area (Å²) in [6, 6.07) is 0. The van der Waals surface area contributed by atoms with Gasteiger partial charge in [-0.1, -0.05) is 20.3 Å². The Morgan fingerprint density at radius 2 is 2.07 bits per heavy atom. The van der Waals surface area contributed by atoms with E-state index in [-0.39, 0.29) is 0 Å². The van der Waals surface area contributed by atoms with Crippen LogP contribution in [0.1, 0.15) is 39.5 Å². The average molecular weight is 198 g/mol. The molecule has 0 aromatic carbocycles. The average Bonchev–Trinajstić information content (AvgIpc) is 2.43. The van der Waals surface area contributed by atoms with E-state index in [1.165, 1.54) is 45.3 Å². The molecule has 1 fully saturated rings. The van der Waals surface area contributed by atoms with Gasteiger partial charge in [0.15, 0.2) is 0 Å². The number of nitrogens with zero attached hydrogens (tertiary/aromatic N) is 1. The Balaban J connectivity index is 2.14. The Kier molecular flexibility index (Phi) is 6.20. The highest BCUT2D eigenvalue weighted by molar-refractivity contribution is 4.69. The Morgan fingerprint density at radius 1 is 1.21 bits per heavy atom. The zero-order valence-corrected chi connectivity index (χ0v) is 9.89. The molecular formula is C12H26N2. The first-order valence-electron chi connectivity index (χ1n) is 6.29. The van der Waals surface area contributed by atoms with Crippen LogP contribution in [0.3, 0.4) is 0 Å². The summed E-state index contributed by atoms with van der Waals surface area (Å²) in [5.41, 5.74) is 0. The van der Waals surface area contributed by atoms with Crippen LogP contribution in [0.2, 0.25) is 0 Å². The second-order valence-electron chi connectivity index (χ2n) is 4.40. The lowest BCUT2D eigenvalue weighted by Crippen LogP contribution is -2.32. The van der Waals surface area contributed by atoms with Crippen LogP contribution in [0, 0.1) is 5.92 Å². The van der Waals surface area contributed by atoms with Gasteiger partial charge >= 0.3 is 0 Å². The Labute approximate surface area is 89.1 Å². The third-order valence-electron chi connectivity index (χ3n) is 3.37. The Morgan fingerprint density at radius 3 is 2.79 bits per heavy atom. The summed E-state index contributed by atoms with van der Waals surface area (Å²) in [4.78, 5) is 2.62. The van der Waals surface area contributed by atoms with Crippen molar-refractivity contribution in [2.75, 3.05) is 32.7 Å². The van der Waals surface area contributed by atoms with Crippen molar-refractivity contribution in [3.63, 3.8) is 0 Å². The topological polar surface area (TPSA) is 15.3 Å². The van der Waals surface area contributed by atoms with Crippen LogP contribution in [0.5, 0.6) is 0 Å². The molecule has 0 aliphatic carbocycles. The van der Waals surface area contributed by atoms with Crippen molar-refractivity contribution in [3.05, 3.63) is 0 Å². The molecule has 1 aliphatic heterocycles. The molecule has 1 rings (SSSR count). The van der Waals surface area contributed by atoms with Crippen LogP contribution in [-0.4, -0.2) is 37.6 Å². The summed E-state index contributed by atoms with van der Waals surface area (Å²) in [7, 11) is 0. The fourth-order valence-electron chi connectivity index (χ4n) is 2.27. The van der Waals surface area contributed by atoms with E-state index in [1.54, 1.807) is 0 Å². The molecule has 2 nitrogen and oxygen atoms in total. The quantitative estimate of drug-likeness (QED) is 0.681. The molecule has 1 N–H and O–H groups in total. The minimum atomic E-state index is 0.999. The van der Waals surface area contributed by atoms with E-state index in [9.17, 15) is 0 Å². The third-order valence-corrected chi connectivity index (χ3v) is 3.37. The van der Waals surface area contributed by atoms with Gasteiger partial charge in [-0.05, 0) is 44.8 Å². The first kappa shape index (κ1) is 12.0. The number of likely N-dealkylation sites (tertiary alicyclic amines) is 1. The van der Waals surface area contributed by atoms with Crippen LogP contribution in [0.15, 0.2) is 0 Å². The number of hydrogen-bond donors (Lipinski definition) is 1. The summed E-state index contributed by atoms with van der Waals surface area (Å²) < 4.78 is 0. The highest BCUT2D eigenvalue weighted by Gasteiger charge is 2.14. The summed E-state index contributed by atoms with van der Waals surface area (Å²) in [5, 5.41) is 3.40. The van der Waals surface area contributed by atoms with E-state index in [4.69, 9.17) is 0 Å². The Hall–Kier alpha value is -0.0800. The molecule has 0 bridgehead atoms. The minimum absolute atomic E-state index is 0.999. The largest absolute Gasteiger partial charge is 0.316 e. The lowest BCUT2D eigenvalue weighted by atomic mass is 9.98. The summed E-state index contributed by atoms with van der Waals surface area (Å²) in [6.45, 7) is 10.7. The molecule has 1 aliphatic rings. The number of hydrogen-bond acceptors (Lipinski definition) is 2. The van der Waals surface area contributed by atoms with Crippen molar-refractivity contribution in [1.82, 2.24) is 10.2 Å². The molecule has 0 aromatic rings. The van der Waals surface area contributed by atoms with Gasteiger partial charge < -0.3 is 10.2 Å². The Bertz CT molecular complexity index is 136. The van der Waals surface area contributed by atoms with E-state index in [1.807, 2.05) is 0 Å². The predicted molar refractivity (Wildman–Crippen MR) is 62.6 cm³/mol. The summed E-state index contributed by atoms with van der Waals surface area (Å²) >= 11 is 0. The van der Waals surface area contributed by atoms with E-state index < -0.39 is 0 Å². The van der Waals surface area contributed by atoms with Crippen molar-refractivity contribution in [2.24, 2.45) is 5.92 Å². The molecule has 0 radical (unpaired) electrons. The minimum Gasteiger partial charge on any atom is -0.316 e. The second-order valence-corrected chi connectivity index (χ2v) is 4.40. The van der Waals surface area contributed by atoms with Crippen molar-refractivity contribution in [3.8, 4) is 0 Å². The SMILES string of the molecule is CCNCCN1CCCC(CC)CC1. The normalized spacial score (nSPS) is 24.9. The third kappa shape index (κ3) is 4.43. The van der Waals surface area contributed by atoms with Gasteiger partial charge in [-0.3, -0.25) is 0 Å². The zero-order chi connectivity index (χ0) is 10.2. The molecule has 0 aromatic heterocycles. The maximum Gasteiger partial charge on any atom is 0.0107 e. The van der Waals surface area contributed by atoms with E-state index in [2.05, 4.69) is 24.1 Å². The lowest BCUT2D eigenvalue weighted by molar-refractivity contribution is 0.280. The molecule has 0 amide bonds. The van der Waals surface area contributed by atoms with E-state index in [0.717, 1.165) is 19.0 Å². The standard InChI is InChI=1S/C12H26N2/c1-3-12-6-5-9-14(10-7-12)11-8-13-4-2/h12-13H,3-11H2,1-2H3. The van der Waals surface area contributed by atoms with Crippen LogP contribution < -0.4 is 5.32 Å². The fourth-order valence-corrected chi connectivity index (χ4v) is 2.27. The molecular weight excluding hydrogens is 172 g/mol. The van der Waals surface area contributed by atoms with Crippen LogP contribution in [0.25, 0.3) is 0 Å². The van der Waals surface area contributed by atoms with Gasteiger partial charge in [0.05, 0.1) is 0 Å². The van der Waals surface area contributed by atoms with Gasteiger partial charge in [0.2, 0.25) is 0 Å². The first-order chi connectivity index (χ1) is 6.86. The molecule has 0 spiro atoms. The molecule has 1 unspecified atom stereocenters. The van der Waals surface area contributed by atoms with Gasteiger partial charge in [-0.2, -0.15) is 0 Å². The lowest BCUT2D eigenvalue weighted by Gasteiger charge is -2.19. The molecule has 84 valence electrons. The first-order valence-corrected chi connectivity index (χ1v) is 6.29. The number of rotatable bonds is 5. The van der Waals surface area contributed by atoms with Gasteiger partial charge in [0.1, 0.15) is 0 Å². The van der Waals surface area contributed by atoms with Crippen LogP contribution in [-0.2, 0) is 0 Å². The van der Waals surface area contributed by atoms with Crippen LogP contribution in [0.4, 0.5) is 0 Å². The van der Waals surface area contributed by atoms with Crippen molar-refractivity contribution in [2.45, 2.75) is 39.5 Å². The van der Waals surface area contributed by atoms with Gasteiger partial charge in [-0.15, -0.1) is 0 Å². The van der Waals surface area contributed by atoms with E-state index in [0.29, 0.717) is 0 Å². The number of nitrogens with one attached hydrogen (secondary N) is 1. The smallest absolute Gasteiger partial charge is 0.0107 e. The van der Waals surface area contributed by atoms with Crippen molar-refractivity contribution >= 4 is 0 Å². The monoisotopic (exact) mass is 198 g/mol. The highest BCUT2D eigenvalue weighted by Crippen LogP contribution is 2.19. The van der Waals surface area contributed by atoms with Crippen molar-refractivity contribution < 1.29 is 0 Å². The zero-order valence-electron chi connectivity index (χ0n) is 9.89. The molecule has 14 heavy (non-hydrogen) atoms. The van der Waals surface area contributed by atoms with Crippen molar-refractivity contribution in [1.29, 1.82) is 0 Å². The molecule has 0 saturated carbocycles. The molecule has 1 atom stereocenters. The predicted octanol–water partition coefficient (Wildman–Crippen LogP) is 2.11. The maximum atomic E-state index is 3.40. The van der Waals surface area contributed by atoms with Gasteiger partial charge in [0, 0.05) is 13.1 Å². The van der Waals surface area contributed by atoms with E-state index >= 15 is 0 Å². The summed E-state index contributed by atoms with van der Waals surface area (Å²) in [6.07, 6.45) is 5.66. The molecule has 1 heterocycles. The van der Waals surface area contributed by atoms with Crippen LogP contribution >= 0.6 is 0 Å². The fraction of sp³-hybridized carbons (Fsp3) is 1.00. The maximum absolute atomic E-state index is 3.40. The number of likely N-dealkylation sites (N-methyl/N-ethyl adjacent to an activating group) is 1. The van der Waals surface area contributed by atoms with Gasteiger partial charge in [-0.25, -0.2) is 0 Å². The molecule has 1 saturated heterocycles. The molecule has 2 heteroatoms. The van der Waals surface area contributed by atoms with Gasteiger partial charge in [0.25, 0.3) is 0 Å². The second kappa shape index (κ2) is 7.24.